The van der Waals surface area contributed by atoms with Gasteiger partial charge >= 0.3 is 0 Å². The van der Waals surface area contributed by atoms with Crippen LogP contribution >= 0.6 is 0 Å². The first-order valence-electron chi connectivity index (χ1n) is 6.35. The van der Waals surface area contributed by atoms with Gasteiger partial charge in [0, 0.05) is 12.0 Å². The standard InChI is InChI=1S/C14H17N3O2/c1-3-5-12(18)15-9-13-16-14(17-19-13)11-7-4-6-10(2)8-11/h4,6-8H,3,5,9H2,1-2H3,(H,15,18). The monoisotopic (exact) mass is 259 g/mol. The van der Waals surface area contributed by atoms with Gasteiger partial charge < -0.3 is 9.84 Å². The van der Waals surface area contributed by atoms with E-state index in [2.05, 4.69) is 15.5 Å². The molecule has 0 fully saturated rings. The van der Waals surface area contributed by atoms with Crippen molar-refractivity contribution in [2.24, 2.45) is 0 Å². The average Bonchev–Trinajstić information content (AvgIpc) is 2.85. The Balaban J connectivity index is 2.01. The second-order valence-electron chi connectivity index (χ2n) is 4.41. The Morgan fingerprint density at radius 2 is 2.26 bits per heavy atom. The Bertz CT molecular complexity index is 563. The van der Waals surface area contributed by atoms with Gasteiger partial charge in [0.1, 0.15) is 0 Å². The maximum Gasteiger partial charge on any atom is 0.246 e. The summed E-state index contributed by atoms with van der Waals surface area (Å²) in [6, 6.07) is 7.88. The Labute approximate surface area is 112 Å². The van der Waals surface area contributed by atoms with Crippen molar-refractivity contribution in [3.05, 3.63) is 35.7 Å². The second kappa shape index (κ2) is 6.13. The van der Waals surface area contributed by atoms with Gasteiger partial charge in [0.25, 0.3) is 0 Å². The van der Waals surface area contributed by atoms with Gasteiger partial charge in [0.15, 0.2) is 0 Å². The van der Waals surface area contributed by atoms with Crippen molar-refractivity contribution in [1.82, 2.24) is 15.5 Å². The van der Waals surface area contributed by atoms with Crippen molar-refractivity contribution in [2.45, 2.75) is 33.2 Å². The summed E-state index contributed by atoms with van der Waals surface area (Å²) in [5.74, 6) is 0.960. The van der Waals surface area contributed by atoms with Crippen molar-refractivity contribution >= 4 is 5.91 Å². The second-order valence-corrected chi connectivity index (χ2v) is 4.41. The third-order valence-corrected chi connectivity index (χ3v) is 2.66. The molecule has 0 unspecified atom stereocenters. The molecule has 0 radical (unpaired) electrons. The molecule has 0 aliphatic carbocycles. The molecule has 2 rings (SSSR count). The highest BCUT2D eigenvalue weighted by Crippen LogP contribution is 2.16. The first-order chi connectivity index (χ1) is 9.19. The molecule has 1 aromatic heterocycles. The van der Waals surface area contributed by atoms with E-state index in [1.807, 2.05) is 38.1 Å². The van der Waals surface area contributed by atoms with Crippen LogP contribution in [0, 0.1) is 6.92 Å². The van der Waals surface area contributed by atoms with Crippen LogP contribution in [0.25, 0.3) is 11.4 Å². The van der Waals surface area contributed by atoms with E-state index in [0.29, 0.717) is 18.1 Å². The summed E-state index contributed by atoms with van der Waals surface area (Å²) in [5.41, 5.74) is 2.05. The van der Waals surface area contributed by atoms with Crippen LogP contribution in [0.15, 0.2) is 28.8 Å². The van der Waals surface area contributed by atoms with Crippen LogP contribution in [0.5, 0.6) is 0 Å². The molecular weight excluding hydrogens is 242 g/mol. The number of amides is 1. The predicted molar refractivity (Wildman–Crippen MR) is 71.2 cm³/mol. The van der Waals surface area contributed by atoms with E-state index >= 15 is 0 Å². The lowest BCUT2D eigenvalue weighted by atomic mass is 10.1. The van der Waals surface area contributed by atoms with E-state index in [9.17, 15) is 4.79 Å². The minimum Gasteiger partial charge on any atom is -0.347 e. The zero-order valence-corrected chi connectivity index (χ0v) is 11.1. The van der Waals surface area contributed by atoms with Gasteiger partial charge in [-0.2, -0.15) is 4.98 Å². The van der Waals surface area contributed by atoms with E-state index in [0.717, 1.165) is 17.5 Å². The van der Waals surface area contributed by atoms with Crippen LogP contribution in [0.2, 0.25) is 0 Å². The smallest absolute Gasteiger partial charge is 0.246 e. The molecular formula is C14H17N3O2. The van der Waals surface area contributed by atoms with Crippen molar-refractivity contribution in [3.8, 4) is 11.4 Å². The highest BCUT2D eigenvalue weighted by molar-refractivity contribution is 5.75. The van der Waals surface area contributed by atoms with E-state index < -0.39 is 0 Å². The molecule has 0 bridgehead atoms. The molecule has 1 heterocycles. The molecule has 19 heavy (non-hydrogen) atoms. The number of aryl methyl sites for hydroxylation is 1. The number of carbonyl (C=O) groups excluding carboxylic acids is 1. The maximum atomic E-state index is 11.3. The summed E-state index contributed by atoms with van der Waals surface area (Å²) < 4.78 is 5.11. The largest absolute Gasteiger partial charge is 0.347 e. The van der Waals surface area contributed by atoms with E-state index in [1.54, 1.807) is 0 Å². The third kappa shape index (κ3) is 3.64. The van der Waals surface area contributed by atoms with Crippen LogP contribution < -0.4 is 5.32 Å². The van der Waals surface area contributed by atoms with Crippen LogP contribution in [0.1, 0.15) is 31.2 Å². The van der Waals surface area contributed by atoms with E-state index in [-0.39, 0.29) is 12.5 Å². The molecule has 5 heteroatoms. The summed E-state index contributed by atoms with van der Waals surface area (Å²) in [4.78, 5) is 15.6. The number of carbonyl (C=O) groups is 1. The van der Waals surface area contributed by atoms with Gasteiger partial charge in [-0.05, 0) is 19.4 Å². The van der Waals surface area contributed by atoms with Crippen molar-refractivity contribution < 1.29 is 9.32 Å². The fourth-order valence-electron chi connectivity index (χ4n) is 1.72. The predicted octanol–water partition coefficient (Wildman–Crippen LogP) is 2.46. The molecule has 1 N–H and O–H groups in total. The minimum absolute atomic E-state index is 0.00203. The van der Waals surface area contributed by atoms with Crippen molar-refractivity contribution in [1.29, 1.82) is 0 Å². The Morgan fingerprint density at radius 1 is 1.42 bits per heavy atom. The van der Waals surface area contributed by atoms with Crippen LogP contribution in [0.4, 0.5) is 0 Å². The molecule has 1 aromatic carbocycles. The Hall–Kier alpha value is -2.17. The van der Waals surface area contributed by atoms with Crippen LogP contribution in [-0.4, -0.2) is 16.0 Å². The maximum absolute atomic E-state index is 11.3. The van der Waals surface area contributed by atoms with Crippen molar-refractivity contribution in [2.75, 3.05) is 0 Å². The summed E-state index contributed by atoms with van der Waals surface area (Å²) in [6.07, 6.45) is 1.34. The summed E-state index contributed by atoms with van der Waals surface area (Å²) in [6.45, 7) is 4.25. The SMILES string of the molecule is CCCC(=O)NCc1nc(-c2cccc(C)c2)no1. The van der Waals surface area contributed by atoms with Gasteiger partial charge in [0.05, 0.1) is 6.54 Å². The number of hydrogen-bond acceptors (Lipinski definition) is 4. The number of nitrogens with zero attached hydrogens (tertiary/aromatic N) is 2. The van der Waals surface area contributed by atoms with E-state index in [4.69, 9.17) is 4.52 Å². The van der Waals surface area contributed by atoms with Gasteiger partial charge in [-0.1, -0.05) is 35.8 Å². The summed E-state index contributed by atoms with van der Waals surface area (Å²) >= 11 is 0. The third-order valence-electron chi connectivity index (χ3n) is 2.66. The molecule has 2 aromatic rings. The summed E-state index contributed by atoms with van der Waals surface area (Å²) in [5, 5.41) is 6.65. The lowest BCUT2D eigenvalue weighted by Gasteiger charge is -1.99. The Kier molecular flexibility index (Phi) is 4.28. The zero-order valence-electron chi connectivity index (χ0n) is 11.1. The number of rotatable bonds is 5. The quantitative estimate of drug-likeness (QED) is 0.895. The van der Waals surface area contributed by atoms with Crippen LogP contribution in [-0.2, 0) is 11.3 Å². The van der Waals surface area contributed by atoms with Gasteiger partial charge in [0.2, 0.25) is 17.6 Å². The molecule has 0 saturated heterocycles. The summed E-state index contributed by atoms with van der Waals surface area (Å²) in [7, 11) is 0. The molecule has 0 saturated carbocycles. The molecule has 0 spiro atoms. The number of aromatic nitrogens is 2. The number of hydrogen-bond donors (Lipinski definition) is 1. The zero-order chi connectivity index (χ0) is 13.7. The van der Waals surface area contributed by atoms with Crippen LogP contribution in [0.3, 0.4) is 0 Å². The molecule has 5 nitrogen and oxygen atoms in total. The first-order valence-corrected chi connectivity index (χ1v) is 6.35. The van der Waals surface area contributed by atoms with Crippen molar-refractivity contribution in [3.63, 3.8) is 0 Å². The Morgan fingerprint density at radius 3 is 3.00 bits per heavy atom. The lowest BCUT2D eigenvalue weighted by molar-refractivity contribution is -0.121. The molecule has 100 valence electrons. The average molecular weight is 259 g/mol. The minimum atomic E-state index is -0.00203. The number of benzene rings is 1. The molecule has 0 atom stereocenters. The highest BCUT2D eigenvalue weighted by atomic mass is 16.5. The van der Waals surface area contributed by atoms with E-state index in [1.165, 1.54) is 0 Å². The lowest BCUT2D eigenvalue weighted by Crippen LogP contribution is -2.22. The number of nitrogens with one attached hydrogen (secondary N) is 1. The molecule has 0 aliphatic heterocycles. The van der Waals surface area contributed by atoms with Gasteiger partial charge in [-0.15, -0.1) is 0 Å². The molecule has 1 amide bonds. The highest BCUT2D eigenvalue weighted by Gasteiger charge is 2.09. The first kappa shape index (κ1) is 13.3. The van der Waals surface area contributed by atoms with Gasteiger partial charge in [-0.3, -0.25) is 4.79 Å². The van der Waals surface area contributed by atoms with Gasteiger partial charge in [-0.25, -0.2) is 0 Å². The fourth-order valence-corrected chi connectivity index (χ4v) is 1.72. The fraction of sp³-hybridized carbons (Fsp3) is 0.357. The normalized spacial score (nSPS) is 10.4. The molecule has 0 aliphatic rings. The topological polar surface area (TPSA) is 68.0 Å².